The van der Waals surface area contributed by atoms with Crippen LogP contribution in [-0.4, -0.2) is 36.0 Å². The van der Waals surface area contributed by atoms with Gasteiger partial charge in [-0.1, -0.05) is 11.6 Å². The molecule has 2 heterocycles. The fourth-order valence-electron chi connectivity index (χ4n) is 3.31. The molecule has 2 saturated heterocycles. The molecule has 19 heavy (non-hydrogen) atoms. The Morgan fingerprint density at radius 1 is 1.21 bits per heavy atom. The highest BCUT2D eigenvalue weighted by Crippen LogP contribution is 2.29. The highest BCUT2D eigenvalue weighted by molar-refractivity contribution is 6.30. The predicted molar refractivity (Wildman–Crippen MR) is 76.5 cm³/mol. The van der Waals surface area contributed by atoms with E-state index in [2.05, 4.69) is 5.32 Å². The summed E-state index contributed by atoms with van der Waals surface area (Å²) in [4.78, 5) is 14.4. The smallest absolute Gasteiger partial charge is 0.253 e. The highest BCUT2D eigenvalue weighted by Gasteiger charge is 2.36. The molecule has 2 aliphatic rings. The summed E-state index contributed by atoms with van der Waals surface area (Å²) < 4.78 is 0. The van der Waals surface area contributed by atoms with Gasteiger partial charge in [0, 0.05) is 35.8 Å². The molecule has 0 aliphatic carbocycles. The first kappa shape index (κ1) is 12.9. The Balaban J connectivity index is 1.71. The number of amides is 1. The van der Waals surface area contributed by atoms with Gasteiger partial charge < -0.3 is 10.2 Å². The van der Waals surface area contributed by atoms with Gasteiger partial charge in [-0.25, -0.2) is 0 Å². The molecule has 2 fully saturated rings. The Morgan fingerprint density at radius 3 is 2.37 bits per heavy atom. The van der Waals surface area contributed by atoms with E-state index in [4.69, 9.17) is 11.6 Å². The van der Waals surface area contributed by atoms with Crippen LogP contribution >= 0.6 is 11.6 Å². The van der Waals surface area contributed by atoms with E-state index in [-0.39, 0.29) is 5.91 Å². The lowest BCUT2D eigenvalue weighted by atomic mass is 9.98. The molecule has 3 nitrogen and oxygen atoms in total. The van der Waals surface area contributed by atoms with Gasteiger partial charge in [-0.15, -0.1) is 0 Å². The van der Waals surface area contributed by atoms with Crippen LogP contribution in [0.1, 0.15) is 36.0 Å². The lowest BCUT2D eigenvalue weighted by molar-refractivity contribution is 0.0681. The van der Waals surface area contributed by atoms with E-state index >= 15 is 0 Å². The molecule has 2 bridgehead atoms. The minimum absolute atomic E-state index is 0.1000. The van der Waals surface area contributed by atoms with Crippen LogP contribution < -0.4 is 5.32 Å². The minimum atomic E-state index is 0.1000. The van der Waals surface area contributed by atoms with Crippen molar-refractivity contribution in [1.82, 2.24) is 10.2 Å². The van der Waals surface area contributed by atoms with Crippen molar-refractivity contribution in [2.75, 3.05) is 7.05 Å². The molecular weight excluding hydrogens is 260 g/mol. The number of hydrogen-bond donors (Lipinski definition) is 1. The number of carbonyl (C=O) groups is 1. The molecule has 1 amide bonds. The van der Waals surface area contributed by atoms with Crippen molar-refractivity contribution >= 4 is 17.5 Å². The molecule has 2 aliphatic heterocycles. The van der Waals surface area contributed by atoms with Crippen LogP contribution in [-0.2, 0) is 0 Å². The van der Waals surface area contributed by atoms with Gasteiger partial charge in [-0.2, -0.15) is 0 Å². The average Bonchev–Trinajstić information content (AvgIpc) is 2.76. The summed E-state index contributed by atoms with van der Waals surface area (Å²) in [5.74, 6) is 0.1000. The quantitative estimate of drug-likeness (QED) is 0.902. The van der Waals surface area contributed by atoms with Gasteiger partial charge >= 0.3 is 0 Å². The summed E-state index contributed by atoms with van der Waals surface area (Å²) in [5.41, 5.74) is 0.720. The second-order valence-electron chi connectivity index (χ2n) is 5.69. The normalized spacial score (nSPS) is 29.3. The summed E-state index contributed by atoms with van der Waals surface area (Å²) in [7, 11) is 1.92. The molecule has 4 heteroatoms. The summed E-state index contributed by atoms with van der Waals surface area (Å²) in [6.45, 7) is 0. The van der Waals surface area contributed by atoms with Gasteiger partial charge in [0.1, 0.15) is 0 Å². The molecule has 0 saturated carbocycles. The lowest BCUT2D eigenvalue weighted by Crippen LogP contribution is -2.48. The lowest BCUT2D eigenvalue weighted by Gasteiger charge is -2.35. The Labute approximate surface area is 118 Å². The number of hydrogen-bond acceptors (Lipinski definition) is 2. The van der Waals surface area contributed by atoms with Crippen molar-refractivity contribution in [3.63, 3.8) is 0 Å². The van der Waals surface area contributed by atoms with Crippen LogP contribution in [0.25, 0.3) is 0 Å². The minimum Gasteiger partial charge on any atom is -0.339 e. The number of nitrogens with one attached hydrogen (secondary N) is 1. The van der Waals surface area contributed by atoms with Gasteiger partial charge in [0.2, 0.25) is 0 Å². The van der Waals surface area contributed by atoms with Gasteiger partial charge in [0.25, 0.3) is 5.91 Å². The first-order valence-electron chi connectivity index (χ1n) is 6.92. The second kappa shape index (κ2) is 5.14. The van der Waals surface area contributed by atoms with E-state index in [1.807, 2.05) is 11.9 Å². The van der Waals surface area contributed by atoms with E-state index in [1.54, 1.807) is 24.3 Å². The molecule has 1 N–H and O–H groups in total. The van der Waals surface area contributed by atoms with Crippen LogP contribution in [0.4, 0.5) is 0 Å². The molecular formula is C15H19ClN2O. The van der Waals surface area contributed by atoms with Crippen molar-refractivity contribution in [3.8, 4) is 0 Å². The van der Waals surface area contributed by atoms with Crippen LogP contribution in [0.5, 0.6) is 0 Å². The van der Waals surface area contributed by atoms with E-state index in [1.165, 1.54) is 12.8 Å². The maximum atomic E-state index is 12.5. The largest absolute Gasteiger partial charge is 0.339 e. The van der Waals surface area contributed by atoms with E-state index in [9.17, 15) is 4.79 Å². The molecule has 0 aromatic heterocycles. The Hall–Kier alpha value is -1.06. The number of piperidine rings is 1. The van der Waals surface area contributed by atoms with Gasteiger partial charge in [0.15, 0.2) is 0 Å². The highest BCUT2D eigenvalue weighted by atomic mass is 35.5. The maximum absolute atomic E-state index is 12.5. The van der Waals surface area contributed by atoms with Crippen LogP contribution in [0, 0.1) is 0 Å². The zero-order chi connectivity index (χ0) is 13.4. The molecule has 1 aromatic carbocycles. The summed E-state index contributed by atoms with van der Waals surface area (Å²) in [6, 6.07) is 8.72. The molecule has 3 rings (SSSR count). The van der Waals surface area contributed by atoms with Crippen molar-refractivity contribution in [1.29, 1.82) is 0 Å². The first-order chi connectivity index (χ1) is 9.13. The Morgan fingerprint density at radius 2 is 1.79 bits per heavy atom. The first-order valence-corrected chi connectivity index (χ1v) is 7.30. The topological polar surface area (TPSA) is 32.3 Å². The van der Waals surface area contributed by atoms with Crippen molar-refractivity contribution in [2.45, 2.75) is 43.8 Å². The average molecular weight is 279 g/mol. The molecule has 0 radical (unpaired) electrons. The van der Waals surface area contributed by atoms with Crippen LogP contribution in [0.15, 0.2) is 24.3 Å². The Bertz CT molecular complexity index is 462. The predicted octanol–water partition coefficient (Wildman–Crippen LogP) is 2.70. The van der Waals surface area contributed by atoms with E-state index < -0.39 is 0 Å². The summed E-state index contributed by atoms with van der Waals surface area (Å²) in [6.07, 6.45) is 4.66. The van der Waals surface area contributed by atoms with Gasteiger partial charge in [-0.3, -0.25) is 4.79 Å². The molecule has 2 atom stereocenters. The van der Waals surface area contributed by atoms with E-state index in [0.717, 1.165) is 18.4 Å². The molecule has 0 spiro atoms. The molecule has 2 unspecified atom stereocenters. The summed E-state index contributed by atoms with van der Waals surface area (Å²) in [5, 5.41) is 4.27. The summed E-state index contributed by atoms with van der Waals surface area (Å²) >= 11 is 5.86. The number of fused-ring (bicyclic) bond motifs is 2. The number of halogens is 1. The number of rotatable bonds is 2. The third-order valence-electron chi connectivity index (χ3n) is 4.41. The third kappa shape index (κ3) is 2.63. The molecule has 102 valence electrons. The number of benzene rings is 1. The monoisotopic (exact) mass is 278 g/mol. The van der Waals surface area contributed by atoms with Gasteiger partial charge in [0.05, 0.1) is 0 Å². The number of carbonyl (C=O) groups excluding carboxylic acids is 1. The Kier molecular flexibility index (Phi) is 3.50. The zero-order valence-corrected chi connectivity index (χ0v) is 11.9. The van der Waals surface area contributed by atoms with Crippen LogP contribution in [0.2, 0.25) is 5.02 Å². The van der Waals surface area contributed by atoms with Crippen molar-refractivity contribution in [3.05, 3.63) is 34.9 Å². The standard InChI is InChI=1S/C15H19ClN2O/c1-18(14-8-12-6-7-13(9-14)17-12)15(19)10-2-4-11(16)5-3-10/h2-5,12-14,17H,6-9H2,1H3. The van der Waals surface area contributed by atoms with Crippen LogP contribution in [0.3, 0.4) is 0 Å². The van der Waals surface area contributed by atoms with Gasteiger partial charge in [-0.05, 0) is 49.9 Å². The van der Waals surface area contributed by atoms with E-state index in [0.29, 0.717) is 23.1 Å². The van der Waals surface area contributed by atoms with Crippen molar-refractivity contribution in [2.24, 2.45) is 0 Å². The molecule has 1 aromatic rings. The fraction of sp³-hybridized carbons (Fsp3) is 0.533. The zero-order valence-electron chi connectivity index (χ0n) is 11.1. The third-order valence-corrected chi connectivity index (χ3v) is 4.66. The fourth-order valence-corrected chi connectivity index (χ4v) is 3.43. The SMILES string of the molecule is CN(C(=O)c1ccc(Cl)cc1)C1CC2CCC(C1)N2. The van der Waals surface area contributed by atoms with Crippen molar-refractivity contribution < 1.29 is 4.79 Å². The second-order valence-corrected chi connectivity index (χ2v) is 6.12. The maximum Gasteiger partial charge on any atom is 0.253 e. The number of nitrogens with zero attached hydrogens (tertiary/aromatic N) is 1.